The summed E-state index contributed by atoms with van der Waals surface area (Å²) in [5.74, 6) is -4.31. The molecule has 0 aliphatic carbocycles. The maximum Gasteiger partial charge on any atom is 0.326 e. The molecule has 0 saturated heterocycles. The van der Waals surface area contributed by atoms with Gasteiger partial charge in [-0.15, -0.1) is 0 Å². The molecule has 2 amide bonds. The lowest BCUT2D eigenvalue weighted by Crippen LogP contribution is -2.20. The number of urea groups is 1. The van der Waals surface area contributed by atoms with E-state index in [0.717, 1.165) is 6.07 Å². The smallest absolute Gasteiger partial charge is 0.326 e. The summed E-state index contributed by atoms with van der Waals surface area (Å²) in [7, 11) is 0. The van der Waals surface area contributed by atoms with Gasteiger partial charge >= 0.3 is 6.03 Å². The van der Waals surface area contributed by atoms with Crippen LogP contribution in [0.4, 0.5) is 29.5 Å². The Morgan fingerprint density at radius 1 is 1.06 bits per heavy atom. The zero-order valence-electron chi connectivity index (χ0n) is 8.84. The van der Waals surface area contributed by atoms with Crippen molar-refractivity contribution in [3.63, 3.8) is 0 Å². The topological polar surface area (TPSA) is 54.3 Å². The Morgan fingerprint density at radius 3 is 2.50 bits per heavy atom. The third-order valence-electron chi connectivity index (χ3n) is 2.04. The minimum absolute atomic E-state index is 0.135. The predicted molar refractivity (Wildman–Crippen MR) is 57.7 cm³/mol. The van der Waals surface area contributed by atoms with E-state index in [-0.39, 0.29) is 5.88 Å². The number of hydrogen-bond acceptors (Lipinski definition) is 2. The van der Waals surface area contributed by atoms with Gasteiger partial charge in [0, 0.05) is 6.07 Å². The van der Waals surface area contributed by atoms with E-state index in [1.54, 1.807) is 0 Å². The molecule has 0 saturated carbocycles. The van der Waals surface area contributed by atoms with Crippen molar-refractivity contribution in [2.24, 2.45) is 0 Å². The normalized spacial score (nSPS) is 10.2. The van der Waals surface area contributed by atoms with E-state index in [1.807, 2.05) is 5.32 Å². The first-order valence-corrected chi connectivity index (χ1v) is 4.83. The van der Waals surface area contributed by atoms with Crippen molar-refractivity contribution in [3.05, 3.63) is 48.0 Å². The van der Waals surface area contributed by atoms with Crippen molar-refractivity contribution in [3.8, 4) is 0 Å². The van der Waals surface area contributed by atoms with E-state index in [0.29, 0.717) is 6.07 Å². The van der Waals surface area contributed by atoms with Crippen LogP contribution in [0.5, 0.6) is 0 Å². The highest BCUT2D eigenvalue weighted by Gasteiger charge is 2.15. The Hall–Kier alpha value is -2.44. The van der Waals surface area contributed by atoms with Crippen LogP contribution < -0.4 is 10.6 Å². The molecule has 0 unspecified atom stereocenters. The van der Waals surface area contributed by atoms with Crippen LogP contribution in [0.1, 0.15) is 0 Å². The summed E-state index contributed by atoms with van der Waals surface area (Å²) in [5.41, 5.74) is -0.474. The highest BCUT2D eigenvalue weighted by Crippen LogP contribution is 2.19. The third-order valence-corrected chi connectivity index (χ3v) is 2.04. The first-order valence-electron chi connectivity index (χ1n) is 4.83. The molecule has 2 aromatic rings. The lowest BCUT2D eigenvalue weighted by atomic mass is 10.3. The number of anilines is 2. The molecule has 0 atom stereocenters. The van der Waals surface area contributed by atoms with Gasteiger partial charge in [-0.1, -0.05) is 0 Å². The maximum atomic E-state index is 13.2. The summed E-state index contributed by atoms with van der Waals surface area (Å²) in [4.78, 5) is 11.4. The minimum Gasteiger partial charge on any atom is -0.449 e. The number of carbonyl (C=O) groups is 1. The second kappa shape index (κ2) is 4.82. The Morgan fingerprint density at radius 2 is 1.83 bits per heavy atom. The third kappa shape index (κ3) is 2.45. The second-order valence-corrected chi connectivity index (χ2v) is 3.28. The van der Waals surface area contributed by atoms with Gasteiger partial charge < -0.3 is 9.73 Å². The van der Waals surface area contributed by atoms with Crippen LogP contribution in [0.25, 0.3) is 0 Å². The molecule has 0 aliphatic rings. The Labute approximate surface area is 99.4 Å². The Bertz CT molecular complexity index is 570. The molecule has 2 N–H and O–H groups in total. The number of amides is 2. The first-order chi connectivity index (χ1) is 8.58. The fourth-order valence-corrected chi connectivity index (χ4v) is 1.24. The first kappa shape index (κ1) is 12.0. The lowest BCUT2D eigenvalue weighted by Gasteiger charge is -2.07. The van der Waals surface area contributed by atoms with Crippen LogP contribution >= 0.6 is 0 Å². The summed E-state index contributed by atoms with van der Waals surface area (Å²) in [6, 6.07) is 3.78. The van der Waals surface area contributed by atoms with Gasteiger partial charge in [-0.3, -0.25) is 5.32 Å². The van der Waals surface area contributed by atoms with Crippen molar-refractivity contribution >= 4 is 17.6 Å². The number of nitrogens with one attached hydrogen (secondary N) is 2. The largest absolute Gasteiger partial charge is 0.449 e. The van der Waals surface area contributed by atoms with Gasteiger partial charge in [0.1, 0.15) is 0 Å². The van der Waals surface area contributed by atoms with E-state index in [9.17, 15) is 18.0 Å². The summed E-state index contributed by atoms with van der Waals surface area (Å²) >= 11 is 0. The van der Waals surface area contributed by atoms with Crippen LogP contribution in [-0.2, 0) is 0 Å². The summed E-state index contributed by atoms with van der Waals surface area (Å²) in [6.45, 7) is 0. The average molecular weight is 256 g/mol. The van der Waals surface area contributed by atoms with Crippen molar-refractivity contribution in [2.45, 2.75) is 0 Å². The zero-order chi connectivity index (χ0) is 13.1. The molecule has 0 fully saturated rings. The summed E-state index contributed by atoms with van der Waals surface area (Å²) in [6.07, 6.45) is 1.33. The van der Waals surface area contributed by atoms with E-state index < -0.39 is 29.2 Å². The monoisotopic (exact) mass is 256 g/mol. The lowest BCUT2D eigenvalue weighted by molar-refractivity contribution is 0.261. The number of hydrogen-bond donors (Lipinski definition) is 2. The van der Waals surface area contributed by atoms with Gasteiger partial charge in [0.15, 0.2) is 17.5 Å². The fourth-order valence-electron chi connectivity index (χ4n) is 1.24. The van der Waals surface area contributed by atoms with Gasteiger partial charge in [0.05, 0.1) is 12.0 Å². The molecule has 0 radical (unpaired) electrons. The van der Waals surface area contributed by atoms with Crippen molar-refractivity contribution < 1.29 is 22.4 Å². The van der Waals surface area contributed by atoms with Gasteiger partial charge in [0.25, 0.3) is 0 Å². The quantitative estimate of drug-likeness (QED) is 0.809. The van der Waals surface area contributed by atoms with E-state index in [1.165, 1.54) is 18.4 Å². The van der Waals surface area contributed by atoms with E-state index >= 15 is 0 Å². The number of benzene rings is 1. The van der Waals surface area contributed by atoms with Crippen LogP contribution in [0.3, 0.4) is 0 Å². The van der Waals surface area contributed by atoms with Crippen LogP contribution in [0.2, 0.25) is 0 Å². The number of halogens is 3. The van der Waals surface area contributed by atoms with Gasteiger partial charge in [-0.2, -0.15) is 0 Å². The molecule has 0 bridgehead atoms. The molecule has 1 aromatic heterocycles. The summed E-state index contributed by atoms with van der Waals surface area (Å²) in [5, 5.41) is 4.26. The standard InChI is InChI=1S/C11H7F3N2O2/c12-6-3-4-7(10(14)9(6)13)15-11(17)16-8-2-1-5-18-8/h1-5H,(H2,15,16,17). The molecule has 0 aliphatic heterocycles. The van der Waals surface area contributed by atoms with Crippen LogP contribution in [-0.4, -0.2) is 6.03 Å². The number of furan rings is 1. The molecule has 7 heteroatoms. The van der Waals surface area contributed by atoms with Crippen LogP contribution in [0, 0.1) is 17.5 Å². The van der Waals surface area contributed by atoms with Gasteiger partial charge in [-0.05, 0) is 18.2 Å². The highest BCUT2D eigenvalue weighted by molar-refractivity contribution is 5.98. The van der Waals surface area contributed by atoms with Crippen molar-refractivity contribution in [1.82, 2.24) is 0 Å². The van der Waals surface area contributed by atoms with E-state index in [2.05, 4.69) is 5.32 Å². The van der Waals surface area contributed by atoms with Crippen LogP contribution in [0.15, 0.2) is 34.9 Å². The molecule has 18 heavy (non-hydrogen) atoms. The minimum atomic E-state index is -1.65. The zero-order valence-corrected chi connectivity index (χ0v) is 8.84. The van der Waals surface area contributed by atoms with Crippen molar-refractivity contribution in [2.75, 3.05) is 10.6 Å². The molecule has 1 aromatic carbocycles. The second-order valence-electron chi connectivity index (χ2n) is 3.28. The highest BCUT2D eigenvalue weighted by atomic mass is 19.2. The molecule has 2 rings (SSSR count). The maximum absolute atomic E-state index is 13.2. The molecular formula is C11H7F3N2O2. The molecule has 4 nitrogen and oxygen atoms in total. The predicted octanol–water partition coefficient (Wildman–Crippen LogP) is 3.34. The number of carbonyl (C=O) groups excluding carboxylic acids is 1. The van der Waals surface area contributed by atoms with Gasteiger partial charge in [0.2, 0.25) is 5.88 Å². The van der Waals surface area contributed by atoms with E-state index in [4.69, 9.17) is 4.42 Å². The Kier molecular flexibility index (Phi) is 3.22. The SMILES string of the molecule is O=C(Nc1ccco1)Nc1ccc(F)c(F)c1F. The Balaban J connectivity index is 2.10. The molecule has 94 valence electrons. The molecule has 1 heterocycles. The fraction of sp³-hybridized carbons (Fsp3) is 0. The molecule has 0 spiro atoms. The number of rotatable bonds is 2. The molecular weight excluding hydrogens is 249 g/mol. The van der Waals surface area contributed by atoms with Gasteiger partial charge in [-0.25, -0.2) is 18.0 Å². The van der Waals surface area contributed by atoms with Crippen molar-refractivity contribution in [1.29, 1.82) is 0 Å². The summed E-state index contributed by atoms with van der Waals surface area (Å²) < 4.78 is 43.6. The average Bonchev–Trinajstić information content (AvgIpc) is 2.83.